The molecule has 1 atom stereocenters. The zero-order valence-corrected chi connectivity index (χ0v) is 12.3. The average molecular weight is 264 g/mol. The van der Waals surface area contributed by atoms with E-state index in [-0.39, 0.29) is 18.2 Å². The minimum atomic E-state index is -0.0211. The van der Waals surface area contributed by atoms with E-state index in [2.05, 4.69) is 36.8 Å². The van der Waals surface area contributed by atoms with Crippen molar-refractivity contribution in [2.45, 2.75) is 25.4 Å². The van der Waals surface area contributed by atoms with E-state index in [1.54, 1.807) is 7.11 Å². The van der Waals surface area contributed by atoms with Gasteiger partial charge in [0.25, 0.3) is 0 Å². The van der Waals surface area contributed by atoms with Gasteiger partial charge in [-0.2, -0.15) is 0 Å². The first kappa shape index (κ1) is 14.2. The van der Waals surface area contributed by atoms with Crippen LogP contribution in [0.5, 0.6) is 5.75 Å². The fourth-order valence-electron chi connectivity index (χ4n) is 3.20. The molecule has 106 valence electrons. The second kappa shape index (κ2) is 5.39. The van der Waals surface area contributed by atoms with E-state index < -0.39 is 0 Å². The SMILES string of the molecule is COc1cccc(N2C(CO)CN(C)CC2(C)C)c1. The van der Waals surface area contributed by atoms with Crippen LogP contribution in [0.2, 0.25) is 0 Å². The molecule has 0 radical (unpaired) electrons. The number of hydrogen-bond donors (Lipinski definition) is 1. The largest absolute Gasteiger partial charge is 0.497 e. The number of nitrogens with zero attached hydrogens (tertiary/aromatic N) is 2. The van der Waals surface area contributed by atoms with E-state index in [0.29, 0.717) is 0 Å². The number of rotatable bonds is 3. The van der Waals surface area contributed by atoms with Crippen molar-refractivity contribution >= 4 is 5.69 Å². The number of hydrogen-bond acceptors (Lipinski definition) is 4. The lowest BCUT2D eigenvalue weighted by Gasteiger charge is -2.52. The van der Waals surface area contributed by atoms with Crippen molar-refractivity contribution in [3.8, 4) is 5.75 Å². The van der Waals surface area contributed by atoms with Crippen molar-refractivity contribution in [3.63, 3.8) is 0 Å². The summed E-state index contributed by atoms with van der Waals surface area (Å²) in [6.07, 6.45) is 0. The Morgan fingerprint density at radius 2 is 2.16 bits per heavy atom. The zero-order chi connectivity index (χ0) is 14.0. The van der Waals surface area contributed by atoms with E-state index in [1.165, 1.54) is 0 Å². The highest BCUT2D eigenvalue weighted by atomic mass is 16.5. The van der Waals surface area contributed by atoms with E-state index in [4.69, 9.17) is 4.74 Å². The van der Waals surface area contributed by atoms with Crippen LogP contribution in [0, 0.1) is 0 Å². The molecule has 1 aliphatic heterocycles. The Morgan fingerprint density at radius 1 is 1.42 bits per heavy atom. The van der Waals surface area contributed by atoms with E-state index in [0.717, 1.165) is 24.5 Å². The Kier molecular flexibility index (Phi) is 4.02. The van der Waals surface area contributed by atoms with Gasteiger partial charge in [-0.15, -0.1) is 0 Å². The number of ether oxygens (including phenoxy) is 1. The lowest BCUT2D eigenvalue weighted by atomic mass is 9.94. The first-order chi connectivity index (χ1) is 8.97. The van der Waals surface area contributed by atoms with Crippen LogP contribution in [-0.2, 0) is 0 Å². The molecule has 1 N–H and O–H groups in total. The third-order valence-electron chi connectivity index (χ3n) is 3.74. The number of aliphatic hydroxyl groups is 1. The second-order valence-corrected chi connectivity index (χ2v) is 5.92. The van der Waals surface area contributed by atoms with Gasteiger partial charge in [0.05, 0.1) is 19.8 Å². The molecule has 4 nitrogen and oxygen atoms in total. The van der Waals surface area contributed by atoms with Crippen LogP contribution in [0.25, 0.3) is 0 Å². The molecule has 1 fully saturated rings. The predicted molar refractivity (Wildman–Crippen MR) is 77.9 cm³/mol. The van der Waals surface area contributed by atoms with Crippen LogP contribution >= 0.6 is 0 Å². The minimum Gasteiger partial charge on any atom is -0.497 e. The molecule has 1 aromatic rings. The van der Waals surface area contributed by atoms with Crippen molar-refractivity contribution in [3.05, 3.63) is 24.3 Å². The highest BCUT2D eigenvalue weighted by molar-refractivity contribution is 5.54. The van der Waals surface area contributed by atoms with Gasteiger partial charge in [0, 0.05) is 30.4 Å². The number of likely N-dealkylation sites (N-methyl/N-ethyl adjacent to an activating group) is 1. The van der Waals surface area contributed by atoms with E-state index >= 15 is 0 Å². The summed E-state index contributed by atoms with van der Waals surface area (Å²) in [5.74, 6) is 0.851. The van der Waals surface area contributed by atoms with Crippen LogP contribution in [-0.4, -0.2) is 55.4 Å². The van der Waals surface area contributed by atoms with Crippen LogP contribution in [0.4, 0.5) is 5.69 Å². The summed E-state index contributed by atoms with van der Waals surface area (Å²) < 4.78 is 5.30. The topological polar surface area (TPSA) is 35.9 Å². The highest BCUT2D eigenvalue weighted by Crippen LogP contribution is 2.32. The normalized spacial score (nSPS) is 23.4. The van der Waals surface area contributed by atoms with Crippen molar-refractivity contribution < 1.29 is 9.84 Å². The number of anilines is 1. The Morgan fingerprint density at radius 3 is 2.79 bits per heavy atom. The lowest BCUT2D eigenvalue weighted by molar-refractivity contribution is 0.137. The van der Waals surface area contributed by atoms with E-state index in [9.17, 15) is 5.11 Å². The van der Waals surface area contributed by atoms with Gasteiger partial charge in [-0.05, 0) is 33.0 Å². The molecular weight excluding hydrogens is 240 g/mol. The van der Waals surface area contributed by atoms with Gasteiger partial charge in [0.15, 0.2) is 0 Å². The number of methoxy groups -OCH3 is 1. The average Bonchev–Trinajstić information content (AvgIpc) is 2.36. The summed E-state index contributed by atoms with van der Waals surface area (Å²) in [6, 6.07) is 8.17. The quantitative estimate of drug-likeness (QED) is 0.899. The van der Waals surface area contributed by atoms with Gasteiger partial charge in [0.2, 0.25) is 0 Å². The highest BCUT2D eigenvalue weighted by Gasteiger charge is 2.38. The molecule has 1 aromatic carbocycles. The molecule has 1 saturated heterocycles. The molecule has 2 rings (SSSR count). The van der Waals surface area contributed by atoms with Crippen molar-refractivity contribution in [1.29, 1.82) is 0 Å². The van der Waals surface area contributed by atoms with Crippen LogP contribution < -0.4 is 9.64 Å². The van der Waals surface area contributed by atoms with Gasteiger partial charge in [0.1, 0.15) is 5.75 Å². The fraction of sp³-hybridized carbons (Fsp3) is 0.600. The molecule has 0 aromatic heterocycles. The fourth-order valence-corrected chi connectivity index (χ4v) is 3.20. The van der Waals surface area contributed by atoms with Gasteiger partial charge >= 0.3 is 0 Å². The molecule has 1 heterocycles. The van der Waals surface area contributed by atoms with Gasteiger partial charge in [-0.25, -0.2) is 0 Å². The molecule has 4 heteroatoms. The molecule has 0 spiro atoms. The zero-order valence-electron chi connectivity index (χ0n) is 12.3. The Labute approximate surface area is 115 Å². The maximum Gasteiger partial charge on any atom is 0.120 e. The van der Waals surface area contributed by atoms with E-state index in [1.807, 2.05) is 18.2 Å². The van der Waals surface area contributed by atoms with Crippen molar-refractivity contribution in [2.75, 3.05) is 38.8 Å². The molecule has 1 aliphatic rings. The molecule has 19 heavy (non-hydrogen) atoms. The number of benzene rings is 1. The number of piperazine rings is 1. The molecular formula is C15H24N2O2. The van der Waals surface area contributed by atoms with Crippen molar-refractivity contribution in [2.24, 2.45) is 0 Å². The maximum absolute atomic E-state index is 9.70. The second-order valence-electron chi connectivity index (χ2n) is 5.92. The Hall–Kier alpha value is -1.26. The number of aliphatic hydroxyl groups excluding tert-OH is 1. The summed E-state index contributed by atoms with van der Waals surface area (Å²) >= 11 is 0. The smallest absolute Gasteiger partial charge is 0.120 e. The van der Waals surface area contributed by atoms with Gasteiger partial charge in [-0.1, -0.05) is 6.07 Å². The summed E-state index contributed by atoms with van der Waals surface area (Å²) in [4.78, 5) is 4.59. The summed E-state index contributed by atoms with van der Waals surface area (Å²) in [7, 11) is 3.78. The van der Waals surface area contributed by atoms with Crippen LogP contribution in [0.3, 0.4) is 0 Å². The predicted octanol–water partition coefficient (Wildman–Crippen LogP) is 1.59. The third-order valence-corrected chi connectivity index (χ3v) is 3.74. The molecule has 0 saturated carbocycles. The van der Waals surface area contributed by atoms with Gasteiger partial charge in [-0.3, -0.25) is 0 Å². The summed E-state index contributed by atoms with van der Waals surface area (Å²) in [5, 5.41) is 9.70. The Bertz CT molecular complexity index is 434. The van der Waals surface area contributed by atoms with Crippen LogP contribution in [0.1, 0.15) is 13.8 Å². The summed E-state index contributed by atoms with van der Waals surface area (Å²) in [5.41, 5.74) is 1.09. The monoisotopic (exact) mass is 264 g/mol. The standard InChI is InChI=1S/C15H24N2O2/c1-15(2)11-16(3)9-13(10-18)17(15)12-6-5-7-14(8-12)19-4/h5-8,13,18H,9-11H2,1-4H3. The molecule has 0 amide bonds. The Balaban J connectivity index is 2.37. The molecule has 0 aliphatic carbocycles. The minimum absolute atomic E-state index is 0.0211. The third kappa shape index (κ3) is 2.85. The molecule has 1 unspecified atom stereocenters. The first-order valence-corrected chi connectivity index (χ1v) is 6.71. The molecule has 0 bridgehead atoms. The first-order valence-electron chi connectivity index (χ1n) is 6.71. The maximum atomic E-state index is 9.70. The van der Waals surface area contributed by atoms with Crippen LogP contribution in [0.15, 0.2) is 24.3 Å². The van der Waals surface area contributed by atoms with Gasteiger partial charge < -0.3 is 19.6 Å². The summed E-state index contributed by atoms with van der Waals surface area (Å²) in [6.45, 7) is 6.43. The lowest BCUT2D eigenvalue weighted by Crippen LogP contribution is -2.64. The van der Waals surface area contributed by atoms with Crippen molar-refractivity contribution in [1.82, 2.24) is 4.90 Å².